The molecule has 0 spiro atoms. The molecular weight excluding hydrogens is 838 g/mol. The van der Waals surface area contributed by atoms with Gasteiger partial charge in [0.25, 0.3) is 0 Å². The molecule has 4 nitrogen and oxygen atoms in total. The molecule has 0 amide bonds. The van der Waals surface area contributed by atoms with Gasteiger partial charge in [-0.1, -0.05) is 206 Å². The van der Waals surface area contributed by atoms with E-state index in [-0.39, 0.29) is 0 Å². The zero-order valence-electron chi connectivity index (χ0n) is 35.4. The van der Waals surface area contributed by atoms with E-state index < -0.39 is 19.8 Å². The molecule has 0 aliphatic heterocycles. The van der Waals surface area contributed by atoms with Gasteiger partial charge in [0.15, 0.2) is 25.5 Å². The Balaban J connectivity index is 1.20. The van der Waals surface area contributed by atoms with Gasteiger partial charge in [0.05, 0.1) is 22.3 Å². The van der Waals surface area contributed by atoms with Crippen LogP contribution in [0.4, 0.5) is 13.2 Å². The Morgan fingerprint density at radius 2 is 0.803 bits per heavy atom. The maximum Gasteiger partial charge on any atom is 0.416 e. The number of hydrogen-bond acceptors (Lipinski definition) is 3. The Kier molecular flexibility index (Phi) is 10.3. The number of hydrogen-bond donors (Lipinski definition) is 0. The zero-order valence-corrected chi connectivity index (χ0v) is 36.4. The van der Waals surface area contributed by atoms with E-state index in [4.69, 9.17) is 15.0 Å². The second-order valence-electron chi connectivity index (χ2n) is 16.3. The van der Waals surface area contributed by atoms with Crippen LogP contribution in [0.15, 0.2) is 237 Å². The minimum atomic E-state index is -4.56. The van der Waals surface area contributed by atoms with Crippen LogP contribution in [0.25, 0.3) is 72.8 Å². The van der Waals surface area contributed by atoms with Crippen LogP contribution in [0.3, 0.4) is 0 Å². The van der Waals surface area contributed by atoms with E-state index in [0.29, 0.717) is 39.6 Å². The van der Waals surface area contributed by atoms with Gasteiger partial charge in [-0.25, -0.2) is 15.0 Å². The van der Waals surface area contributed by atoms with Gasteiger partial charge in [0.2, 0.25) is 0 Å². The summed E-state index contributed by atoms with van der Waals surface area (Å²) >= 11 is 0. The zero-order chi connectivity index (χ0) is 44.7. The van der Waals surface area contributed by atoms with Crippen LogP contribution in [-0.2, 0) is 6.18 Å². The molecule has 0 bridgehead atoms. The third-order valence-electron chi connectivity index (χ3n) is 12.4. The first-order valence-corrected chi connectivity index (χ1v) is 23.8. The van der Waals surface area contributed by atoms with Gasteiger partial charge in [-0.3, -0.25) is 0 Å². The summed E-state index contributed by atoms with van der Waals surface area (Å²) in [6.07, 6.45) is -4.56. The van der Waals surface area contributed by atoms with E-state index in [0.717, 1.165) is 39.2 Å². The third kappa shape index (κ3) is 7.18. The fraction of sp³-hybridized carbons (Fsp3) is 0.0172. The summed E-state index contributed by atoms with van der Waals surface area (Å²) < 4.78 is 45.8. The topological polar surface area (TPSA) is 43.6 Å². The molecular formula is C58H39F3N4Si. The second-order valence-corrected chi connectivity index (χ2v) is 20.1. The predicted molar refractivity (Wildman–Crippen MR) is 265 cm³/mol. The monoisotopic (exact) mass is 876 g/mol. The molecule has 0 saturated heterocycles. The lowest BCUT2D eigenvalue weighted by atomic mass is 10.0. The molecule has 0 radical (unpaired) electrons. The van der Waals surface area contributed by atoms with E-state index in [1.807, 2.05) is 95.6 Å². The van der Waals surface area contributed by atoms with Crippen molar-refractivity contribution in [2.75, 3.05) is 0 Å². The van der Waals surface area contributed by atoms with Crippen molar-refractivity contribution >= 4 is 50.6 Å². The van der Waals surface area contributed by atoms with Crippen molar-refractivity contribution < 1.29 is 13.2 Å². The van der Waals surface area contributed by atoms with Crippen molar-refractivity contribution in [3.05, 3.63) is 242 Å². The van der Waals surface area contributed by atoms with Crippen LogP contribution >= 0.6 is 0 Å². The fourth-order valence-corrected chi connectivity index (χ4v) is 14.2. The third-order valence-corrected chi connectivity index (χ3v) is 17.2. The Bertz CT molecular complexity index is 3350. The van der Waals surface area contributed by atoms with Crippen LogP contribution in [0.5, 0.6) is 0 Å². The van der Waals surface area contributed by atoms with Gasteiger partial charge in [0, 0.05) is 27.5 Å². The summed E-state index contributed by atoms with van der Waals surface area (Å²) in [6, 6.07) is 78.4. The van der Waals surface area contributed by atoms with Crippen LogP contribution in [-0.4, -0.2) is 27.6 Å². The lowest BCUT2D eigenvalue weighted by Crippen LogP contribution is -2.74. The van der Waals surface area contributed by atoms with Crippen LogP contribution < -0.4 is 20.7 Å². The summed E-state index contributed by atoms with van der Waals surface area (Å²) in [5, 5.41) is 6.47. The Hall–Kier alpha value is -8.20. The highest BCUT2D eigenvalue weighted by Gasteiger charge is 2.41. The minimum absolute atomic E-state index is 0.388. The Morgan fingerprint density at radius 1 is 0.348 bits per heavy atom. The molecule has 11 aromatic rings. The van der Waals surface area contributed by atoms with Crippen molar-refractivity contribution in [3.63, 3.8) is 0 Å². The first-order chi connectivity index (χ1) is 32.4. The highest BCUT2D eigenvalue weighted by Crippen LogP contribution is 2.40. The predicted octanol–water partition coefficient (Wildman–Crippen LogP) is 12.0. The lowest BCUT2D eigenvalue weighted by Gasteiger charge is -2.34. The Morgan fingerprint density at radius 3 is 1.36 bits per heavy atom. The number of aromatic nitrogens is 4. The van der Waals surface area contributed by atoms with Crippen LogP contribution in [0.2, 0.25) is 0 Å². The number of fused-ring (bicyclic) bond motifs is 3. The molecule has 0 N–H and O–H groups in total. The molecule has 9 aromatic carbocycles. The second kappa shape index (κ2) is 16.7. The molecule has 0 unspecified atom stereocenters. The average molecular weight is 877 g/mol. The van der Waals surface area contributed by atoms with Gasteiger partial charge in [-0.15, -0.1) is 0 Å². The molecule has 66 heavy (non-hydrogen) atoms. The average Bonchev–Trinajstić information content (AvgIpc) is 3.71. The van der Waals surface area contributed by atoms with Crippen molar-refractivity contribution in [3.8, 4) is 51.0 Å². The first-order valence-electron chi connectivity index (χ1n) is 21.8. The van der Waals surface area contributed by atoms with Crippen LogP contribution in [0, 0.1) is 0 Å². The van der Waals surface area contributed by atoms with E-state index in [1.54, 1.807) is 6.07 Å². The summed E-state index contributed by atoms with van der Waals surface area (Å²) in [5.41, 5.74) is 5.16. The normalized spacial score (nSPS) is 11.9. The molecule has 11 rings (SSSR count). The molecule has 2 aromatic heterocycles. The number of para-hydroxylation sites is 1. The first kappa shape index (κ1) is 40.6. The Labute approximate surface area is 381 Å². The van der Waals surface area contributed by atoms with Gasteiger partial charge in [0.1, 0.15) is 0 Å². The highest BCUT2D eigenvalue weighted by atomic mass is 28.3. The maximum absolute atomic E-state index is 14.6. The molecule has 0 atom stereocenters. The number of alkyl halides is 3. The minimum Gasteiger partial charge on any atom is -0.308 e. The summed E-state index contributed by atoms with van der Waals surface area (Å²) in [5.74, 6) is 1.35. The maximum atomic E-state index is 14.6. The summed E-state index contributed by atoms with van der Waals surface area (Å²) in [6.45, 7) is 0. The number of nitrogens with zero attached hydrogens (tertiary/aromatic N) is 4. The standard InChI is InChI=1S/C58H39F3N4Si/c59-58(60,61)44-34-36-50-49-31-16-17-32-52(49)65(54(50)39-44)53-38-43(33-35-51(53)57-63-55(40-19-6-1-7-20-40)62-56(64-57)41-21-8-2-9-22-41)42-23-18-30-48(37-42)66(45-24-10-3-11-25-45,46-26-12-4-13-27-46)47-28-14-5-15-29-47/h1-39H. The van der Waals surface area contributed by atoms with Crippen molar-refractivity contribution in [2.24, 2.45) is 0 Å². The highest BCUT2D eigenvalue weighted by molar-refractivity contribution is 7.19. The SMILES string of the molecule is FC(F)(F)c1ccc2c3ccccc3n(-c3cc(-c4cccc([Si](c5ccccc5)(c5ccccc5)c5ccccc5)c4)ccc3-c3nc(-c4ccccc4)nc(-c4ccccc4)n3)c2c1. The van der Waals surface area contributed by atoms with E-state index >= 15 is 0 Å². The smallest absolute Gasteiger partial charge is 0.308 e. The van der Waals surface area contributed by atoms with E-state index in [2.05, 4.69) is 127 Å². The van der Waals surface area contributed by atoms with Gasteiger partial charge >= 0.3 is 6.18 Å². The molecule has 0 fully saturated rings. The van der Waals surface area contributed by atoms with Crippen molar-refractivity contribution in [2.45, 2.75) is 6.18 Å². The van der Waals surface area contributed by atoms with Gasteiger partial charge in [-0.2, -0.15) is 13.2 Å². The number of benzene rings is 9. The molecule has 0 saturated carbocycles. The molecule has 316 valence electrons. The lowest BCUT2D eigenvalue weighted by molar-refractivity contribution is -0.137. The van der Waals surface area contributed by atoms with Gasteiger partial charge < -0.3 is 4.57 Å². The largest absolute Gasteiger partial charge is 0.416 e. The molecule has 8 heteroatoms. The summed E-state index contributed by atoms with van der Waals surface area (Å²) in [4.78, 5) is 15.2. The molecule has 2 heterocycles. The van der Waals surface area contributed by atoms with Crippen molar-refractivity contribution in [1.29, 1.82) is 0 Å². The molecule has 0 aliphatic rings. The molecule has 0 aliphatic carbocycles. The number of rotatable bonds is 9. The summed E-state index contributed by atoms with van der Waals surface area (Å²) in [7, 11) is -2.91. The quantitative estimate of drug-likeness (QED) is 0.107. The number of halogens is 3. The van der Waals surface area contributed by atoms with E-state index in [9.17, 15) is 13.2 Å². The van der Waals surface area contributed by atoms with Gasteiger partial charge in [-0.05, 0) is 62.2 Å². The van der Waals surface area contributed by atoms with Crippen molar-refractivity contribution in [1.82, 2.24) is 19.5 Å². The van der Waals surface area contributed by atoms with E-state index in [1.165, 1.54) is 26.8 Å². The van der Waals surface area contributed by atoms with Crippen LogP contribution in [0.1, 0.15) is 5.56 Å². The fourth-order valence-electron chi connectivity index (χ4n) is 9.42.